The van der Waals surface area contributed by atoms with Crippen LogP contribution in [0.5, 0.6) is 5.75 Å². The molecule has 128 valence electrons. The van der Waals surface area contributed by atoms with Gasteiger partial charge in [-0.3, -0.25) is 10.1 Å². The number of para-hydroxylation sites is 1. The van der Waals surface area contributed by atoms with Gasteiger partial charge in [-0.1, -0.05) is 45.0 Å². The first kappa shape index (κ1) is 17.9. The van der Waals surface area contributed by atoms with Crippen molar-refractivity contribution in [3.63, 3.8) is 0 Å². The van der Waals surface area contributed by atoms with E-state index in [0.717, 1.165) is 17.7 Å². The predicted octanol–water partition coefficient (Wildman–Crippen LogP) is 3.97. The van der Waals surface area contributed by atoms with Crippen molar-refractivity contribution in [2.75, 3.05) is 0 Å². The third-order valence-electron chi connectivity index (χ3n) is 3.57. The molecule has 0 heterocycles. The summed E-state index contributed by atoms with van der Waals surface area (Å²) >= 11 is 0. The lowest BCUT2D eigenvalue weighted by Crippen LogP contribution is -2.14. The zero-order valence-corrected chi connectivity index (χ0v) is 14.8. The molecule has 0 saturated carbocycles. The predicted molar refractivity (Wildman–Crippen MR) is 90.8 cm³/mol. The fraction of sp³-hybridized carbons (Fsp3) is 0.294. The lowest BCUT2D eigenvalue weighted by Gasteiger charge is -2.20. The maximum atomic E-state index is 12.4. The SMILES string of the molecule is Cc1cc(C(C)(C)C)ccc1OS(=O)(=O)c1ccccc1[N+](=O)[O-]. The van der Waals surface area contributed by atoms with Crippen molar-refractivity contribution in [1.82, 2.24) is 0 Å². The fourth-order valence-electron chi connectivity index (χ4n) is 2.19. The Morgan fingerprint density at radius 3 is 2.25 bits per heavy atom. The van der Waals surface area contributed by atoms with E-state index in [9.17, 15) is 18.5 Å². The van der Waals surface area contributed by atoms with Crippen LogP contribution in [0.15, 0.2) is 47.4 Å². The highest BCUT2D eigenvalue weighted by atomic mass is 32.2. The van der Waals surface area contributed by atoms with Crippen LogP contribution in [0.4, 0.5) is 5.69 Å². The smallest absolute Gasteiger partial charge is 0.346 e. The molecule has 0 N–H and O–H groups in total. The molecule has 6 nitrogen and oxygen atoms in total. The molecule has 0 aliphatic carbocycles. The number of hydrogen-bond donors (Lipinski definition) is 0. The van der Waals surface area contributed by atoms with Gasteiger partial charge >= 0.3 is 10.1 Å². The third kappa shape index (κ3) is 3.73. The average Bonchev–Trinajstić information content (AvgIpc) is 2.48. The summed E-state index contributed by atoms with van der Waals surface area (Å²) < 4.78 is 30.0. The van der Waals surface area contributed by atoms with Crippen molar-refractivity contribution < 1.29 is 17.5 Å². The number of aryl methyl sites for hydroxylation is 1. The number of nitro groups is 1. The van der Waals surface area contributed by atoms with Crippen molar-refractivity contribution in [3.05, 3.63) is 63.7 Å². The first-order chi connectivity index (χ1) is 11.0. The van der Waals surface area contributed by atoms with Crippen LogP contribution >= 0.6 is 0 Å². The molecule has 2 aromatic rings. The standard InChI is InChI=1S/C17H19NO5S/c1-12-11-13(17(2,3)4)9-10-15(12)23-24(21,22)16-8-6-5-7-14(16)18(19)20/h5-11H,1-4H3. The monoisotopic (exact) mass is 349 g/mol. The summed E-state index contributed by atoms with van der Waals surface area (Å²) in [5.41, 5.74) is 1.09. The van der Waals surface area contributed by atoms with Crippen LogP contribution in [0.25, 0.3) is 0 Å². The number of rotatable bonds is 4. The van der Waals surface area contributed by atoms with Gasteiger partial charge < -0.3 is 4.18 Å². The zero-order valence-electron chi connectivity index (χ0n) is 13.9. The summed E-state index contributed by atoms with van der Waals surface area (Å²) in [6.45, 7) is 7.88. The van der Waals surface area contributed by atoms with Gasteiger partial charge in [-0.2, -0.15) is 8.42 Å². The van der Waals surface area contributed by atoms with Crippen molar-refractivity contribution in [2.24, 2.45) is 0 Å². The Labute approximate surface area is 141 Å². The minimum absolute atomic E-state index is 0.0830. The molecular weight excluding hydrogens is 330 g/mol. The minimum Gasteiger partial charge on any atom is -0.379 e. The number of benzene rings is 2. The summed E-state index contributed by atoms with van der Waals surface area (Å²) in [6.07, 6.45) is 0. The van der Waals surface area contributed by atoms with Gasteiger partial charge in [0.05, 0.1) is 4.92 Å². The first-order valence-electron chi connectivity index (χ1n) is 7.31. The summed E-state index contributed by atoms with van der Waals surface area (Å²) in [6, 6.07) is 10.3. The molecule has 0 aliphatic rings. The molecule has 0 spiro atoms. The highest BCUT2D eigenvalue weighted by molar-refractivity contribution is 7.87. The van der Waals surface area contributed by atoms with Gasteiger partial charge in [0.25, 0.3) is 5.69 Å². The van der Waals surface area contributed by atoms with Crippen LogP contribution in [-0.2, 0) is 15.5 Å². The molecule has 7 heteroatoms. The van der Waals surface area contributed by atoms with Gasteiger partial charge in [-0.05, 0) is 35.6 Å². The molecule has 0 aliphatic heterocycles. The van der Waals surface area contributed by atoms with Gasteiger partial charge in [-0.15, -0.1) is 0 Å². The van der Waals surface area contributed by atoms with Gasteiger partial charge in [0.1, 0.15) is 5.75 Å². The van der Waals surface area contributed by atoms with E-state index in [1.54, 1.807) is 19.1 Å². The van der Waals surface area contributed by atoms with Crippen molar-refractivity contribution >= 4 is 15.8 Å². The number of nitro benzene ring substituents is 1. The molecule has 0 bridgehead atoms. The van der Waals surface area contributed by atoms with E-state index < -0.39 is 25.6 Å². The molecule has 0 atom stereocenters. The van der Waals surface area contributed by atoms with E-state index in [1.807, 2.05) is 26.8 Å². The molecule has 0 saturated heterocycles. The number of hydrogen-bond acceptors (Lipinski definition) is 5. The lowest BCUT2D eigenvalue weighted by molar-refractivity contribution is -0.387. The molecule has 0 fully saturated rings. The normalized spacial score (nSPS) is 12.0. The van der Waals surface area contributed by atoms with Crippen LogP contribution in [-0.4, -0.2) is 13.3 Å². The largest absolute Gasteiger partial charge is 0.379 e. The second-order valence-corrected chi connectivity index (χ2v) is 8.01. The molecule has 2 rings (SSSR count). The minimum atomic E-state index is -4.30. The molecule has 24 heavy (non-hydrogen) atoms. The Bertz CT molecular complexity index is 882. The van der Waals surface area contributed by atoms with Gasteiger partial charge in [-0.25, -0.2) is 0 Å². The van der Waals surface area contributed by atoms with Crippen molar-refractivity contribution in [3.8, 4) is 5.75 Å². The van der Waals surface area contributed by atoms with Crippen molar-refractivity contribution in [2.45, 2.75) is 38.0 Å². The highest BCUT2D eigenvalue weighted by Crippen LogP contribution is 2.31. The summed E-state index contributed by atoms with van der Waals surface area (Å²) in [5, 5.41) is 11.0. The Morgan fingerprint density at radius 1 is 1.08 bits per heavy atom. The second-order valence-electron chi connectivity index (χ2n) is 6.49. The van der Waals surface area contributed by atoms with E-state index in [0.29, 0.717) is 5.56 Å². The molecule has 0 radical (unpaired) electrons. The molecule has 2 aromatic carbocycles. The van der Waals surface area contributed by atoms with Crippen LogP contribution in [0, 0.1) is 17.0 Å². The van der Waals surface area contributed by atoms with E-state index in [4.69, 9.17) is 4.18 Å². The maximum Gasteiger partial charge on any atom is 0.346 e. The molecule has 0 aromatic heterocycles. The Balaban J connectivity index is 2.43. The van der Waals surface area contributed by atoms with E-state index in [-0.39, 0.29) is 11.2 Å². The van der Waals surface area contributed by atoms with Gasteiger partial charge in [0.15, 0.2) is 4.90 Å². The molecule has 0 amide bonds. The second kappa shape index (κ2) is 6.24. The summed E-state index contributed by atoms with van der Waals surface area (Å²) in [7, 11) is -4.30. The topological polar surface area (TPSA) is 86.5 Å². The van der Waals surface area contributed by atoms with E-state index >= 15 is 0 Å². The summed E-state index contributed by atoms with van der Waals surface area (Å²) in [4.78, 5) is 9.82. The van der Waals surface area contributed by atoms with Crippen molar-refractivity contribution in [1.29, 1.82) is 0 Å². The third-order valence-corrected chi connectivity index (χ3v) is 4.85. The van der Waals surface area contributed by atoms with Gasteiger partial charge in [0, 0.05) is 6.07 Å². The van der Waals surface area contributed by atoms with Crippen LogP contribution in [0.1, 0.15) is 31.9 Å². The Hall–Kier alpha value is -2.41. The lowest BCUT2D eigenvalue weighted by atomic mass is 9.86. The first-order valence-corrected chi connectivity index (χ1v) is 8.72. The maximum absolute atomic E-state index is 12.4. The average molecular weight is 349 g/mol. The quantitative estimate of drug-likeness (QED) is 0.473. The van der Waals surface area contributed by atoms with E-state index in [2.05, 4.69) is 0 Å². The number of nitrogens with zero attached hydrogens (tertiary/aromatic N) is 1. The van der Waals surface area contributed by atoms with Crippen LogP contribution in [0.3, 0.4) is 0 Å². The zero-order chi connectivity index (χ0) is 18.1. The van der Waals surface area contributed by atoms with Gasteiger partial charge in [0.2, 0.25) is 0 Å². The van der Waals surface area contributed by atoms with E-state index in [1.165, 1.54) is 12.1 Å². The van der Waals surface area contributed by atoms with Crippen LogP contribution < -0.4 is 4.18 Å². The van der Waals surface area contributed by atoms with Crippen LogP contribution in [0.2, 0.25) is 0 Å². The molecular formula is C17H19NO5S. The highest BCUT2D eigenvalue weighted by Gasteiger charge is 2.27. The Kier molecular flexibility index (Phi) is 4.66. The Morgan fingerprint density at radius 2 is 1.71 bits per heavy atom. The molecule has 0 unspecified atom stereocenters. The fourth-order valence-corrected chi connectivity index (χ4v) is 3.35. The summed E-state index contributed by atoms with van der Waals surface area (Å²) in [5.74, 6) is 0.154.